The van der Waals surface area contributed by atoms with Crippen LogP contribution in [0.3, 0.4) is 0 Å². The fourth-order valence-electron chi connectivity index (χ4n) is 2.42. The zero-order chi connectivity index (χ0) is 15.5. The van der Waals surface area contributed by atoms with Gasteiger partial charge in [0.05, 0.1) is 24.0 Å². The molecule has 1 atom stereocenters. The van der Waals surface area contributed by atoms with E-state index in [4.69, 9.17) is 0 Å². The molecule has 1 unspecified atom stereocenters. The van der Waals surface area contributed by atoms with E-state index in [2.05, 4.69) is 4.72 Å². The van der Waals surface area contributed by atoms with Crippen LogP contribution in [0.1, 0.15) is 0 Å². The van der Waals surface area contributed by atoms with E-state index in [0.717, 1.165) is 21.2 Å². The number of para-hydroxylation sites is 2. The zero-order valence-corrected chi connectivity index (χ0v) is 16.3. The third kappa shape index (κ3) is 4.29. The zero-order valence-electron chi connectivity index (χ0n) is 12.6. The third-order valence-electron chi connectivity index (χ3n) is 3.36. The quantitative estimate of drug-likeness (QED) is 0.622. The van der Waals surface area contributed by atoms with Crippen LogP contribution in [0.2, 0.25) is 0 Å². The molecule has 0 radical (unpaired) electrons. The summed E-state index contributed by atoms with van der Waals surface area (Å²) < 4.78 is 23.3. The van der Waals surface area contributed by atoms with E-state index >= 15 is 0 Å². The van der Waals surface area contributed by atoms with E-state index in [0.29, 0.717) is 6.54 Å². The molecule has 0 saturated heterocycles. The van der Waals surface area contributed by atoms with Crippen molar-refractivity contribution in [2.45, 2.75) is 15.9 Å². The first-order chi connectivity index (χ1) is 10.6. The van der Waals surface area contributed by atoms with Gasteiger partial charge in [-0.05, 0) is 35.2 Å². The second-order valence-corrected chi connectivity index (χ2v) is 6.73. The van der Waals surface area contributed by atoms with Crippen molar-refractivity contribution in [3.8, 4) is 0 Å². The Morgan fingerprint density at radius 1 is 1.04 bits per heavy atom. The first kappa shape index (κ1) is 18.3. The van der Waals surface area contributed by atoms with Crippen molar-refractivity contribution in [3.05, 3.63) is 48.5 Å². The molecular weight excluding hydrogens is 347 g/mol. The van der Waals surface area contributed by atoms with Crippen LogP contribution < -0.4 is 9.62 Å². The Morgan fingerprint density at radius 2 is 1.57 bits per heavy atom. The third-order valence-corrected chi connectivity index (χ3v) is 4.89. The Hall–Kier alpha value is -1.01. The molecule has 0 saturated carbocycles. The summed E-state index contributed by atoms with van der Waals surface area (Å²) in [5.74, 6) is 0. The Morgan fingerprint density at radius 3 is 2.09 bits per heavy atom. The maximum atomic E-state index is 10.6. The summed E-state index contributed by atoms with van der Waals surface area (Å²) in [6.07, 6.45) is -0.804. The van der Waals surface area contributed by atoms with Gasteiger partial charge in [0, 0.05) is 16.3 Å². The van der Waals surface area contributed by atoms with Gasteiger partial charge in [0.2, 0.25) is 0 Å². The molecule has 1 aliphatic heterocycles. The molecule has 0 bridgehead atoms. The Bertz CT molecular complexity index is 702. The average molecular weight is 364 g/mol. The molecule has 0 spiro atoms. The van der Waals surface area contributed by atoms with Crippen LogP contribution in [0, 0.1) is 0 Å². The summed E-state index contributed by atoms with van der Waals surface area (Å²) in [6.45, 7) is 0.308. The van der Waals surface area contributed by atoms with Crippen LogP contribution in [-0.4, -0.2) is 41.7 Å². The van der Waals surface area contributed by atoms with Crippen molar-refractivity contribution in [2.24, 2.45) is 0 Å². The molecule has 3 rings (SSSR count). The second-order valence-electron chi connectivity index (χ2n) is 4.89. The summed E-state index contributed by atoms with van der Waals surface area (Å²) in [5, 5.41) is 10.1. The number of nitrogens with one attached hydrogen (secondary N) is 1. The van der Waals surface area contributed by atoms with Crippen molar-refractivity contribution < 1.29 is 13.5 Å². The van der Waals surface area contributed by atoms with Crippen molar-refractivity contribution in [1.82, 2.24) is 4.72 Å². The number of aliphatic hydroxyl groups excluding tert-OH is 1. The van der Waals surface area contributed by atoms with Gasteiger partial charge in [-0.2, -0.15) is 0 Å². The monoisotopic (exact) mass is 364 g/mol. The van der Waals surface area contributed by atoms with Gasteiger partial charge in [-0.1, -0.05) is 36.0 Å². The van der Waals surface area contributed by atoms with E-state index in [1.54, 1.807) is 11.8 Å². The van der Waals surface area contributed by atoms with E-state index in [1.807, 2.05) is 53.4 Å². The van der Waals surface area contributed by atoms with Crippen LogP contribution in [0.25, 0.3) is 0 Å². The van der Waals surface area contributed by atoms with Crippen molar-refractivity contribution in [2.75, 3.05) is 18.0 Å². The topological polar surface area (TPSA) is 69.6 Å². The van der Waals surface area contributed by atoms with Gasteiger partial charge in [-0.25, -0.2) is 0 Å². The van der Waals surface area contributed by atoms with Crippen LogP contribution in [-0.2, 0) is 19.3 Å². The number of anilines is 2. The van der Waals surface area contributed by atoms with Gasteiger partial charge in [0.15, 0.2) is 0 Å². The van der Waals surface area contributed by atoms with Crippen LogP contribution in [0.15, 0.2) is 58.3 Å². The Kier molecular flexibility index (Phi) is 6.53. The van der Waals surface area contributed by atoms with E-state index in [-0.39, 0.29) is 23.9 Å². The Balaban J connectivity index is 0.00000192. The SMILES string of the molecule is O=[S-](=O)NCC(O)CN1c2ccccc2Sc2ccccc21.[AlH2+]. The van der Waals surface area contributed by atoms with Gasteiger partial charge < -0.3 is 23.1 Å². The van der Waals surface area contributed by atoms with Crippen LogP contribution >= 0.6 is 11.8 Å². The molecule has 1 heterocycles. The summed E-state index contributed by atoms with van der Waals surface area (Å²) in [4.78, 5) is 4.27. The van der Waals surface area contributed by atoms with E-state index in [9.17, 15) is 13.5 Å². The van der Waals surface area contributed by atoms with Crippen LogP contribution in [0.4, 0.5) is 11.4 Å². The number of aliphatic hydroxyl groups is 1. The van der Waals surface area contributed by atoms with E-state index in [1.165, 1.54) is 0 Å². The molecule has 0 fully saturated rings. The minimum atomic E-state index is -2.37. The predicted molar refractivity (Wildman–Crippen MR) is 95.3 cm³/mol. The molecule has 2 aromatic rings. The normalized spacial score (nSPS) is 13.9. The number of benzene rings is 2. The summed E-state index contributed by atoms with van der Waals surface area (Å²) >= 11 is 1.69. The van der Waals surface area contributed by atoms with E-state index < -0.39 is 17.0 Å². The summed E-state index contributed by atoms with van der Waals surface area (Å²) in [7, 11) is -2.37. The van der Waals surface area contributed by atoms with Gasteiger partial charge >= 0.3 is 17.4 Å². The Labute approximate surface area is 151 Å². The molecule has 2 N–H and O–H groups in total. The fraction of sp³-hybridized carbons (Fsp3) is 0.200. The number of hydrogen-bond acceptors (Lipinski definition) is 6. The first-order valence-corrected chi connectivity index (χ1v) is 8.68. The fourth-order valence-corrected chi connectivity index (χ4v) is 3.84. The van der Waals surface area contributed by atoms with Crippen molar-refractivity contribution in [1.29, 1.82) is 0 Å². The van der Waals surface area contributed by atoms with Crippen LogP contribution in [0.5, 0.6) is 0 Å². The first-order valence-electron chi connectivity index (χ1n) is 6.79. The van der Waals surface area contributed by atoms with Gasteiger partial charge in [0.1, 0.15) is 0 Å². The van der Waals surface area contributed by atoms with Crippen molar-refractivity contribution >= 4 is 51.4 Å². The molecule has 8 heteroatoms. The number of fused-ring (bicyclic) bond motifs is 2. The van der Waals surface area contributed by atoms with Crippen molar-refractivity contribution in [3.63, 3.8) is 0 Å². The number of nitrogens with zero attached hydrogens (tertiary/aromatic N) is 1. The van der Waals surface area contributed by atoms with Gasteiger partial charge in [-0.15, -0.1) is 0 Å². The maximum absolute atomic E-state index is 10.6. The minimum absolute atomic E-state index is 0. The number of β-amino-alcohol motifs (C(OH)–C–C–N with tert-alkyl or cyclic N) is 1. The predicted octanol–water partition coefficient (Wildman–Crippen LogP) is 1.55. The second kappa shape index (κ2) is 8.20. The standard InChI is InChI=1S/C15H15N2O3S2.Al.2H/c18-11(9-16-22(19)20)10-17-12-5-1-3-7-14(12)21-15-8-4-2-6-13(15)17;;;/h1-8,11,18H,9-10H2,(H,16,19,20);;;/q-1;+1;;. The molecule has 23 heavy (non-hydrogen) atoms. The molecule has 1 aliphatic rings. The number of hydrogen-bond donors (Lipinski definition) is 2. The molecule has 2 aromatic carbocycles. The summed E-state index contributed by atoms with van der Waals surface area (Å²) in [6, 6.07) is 16.0. The molecule has 120 valence electrons. The molecule has 0 aromatic heterocycles. The number of rotatable bonds is 5. The summed E-state index contributed by atoms with van der Waals surface area (Å²) in [5.41, 5.74) is 2.04. The van der Waals surface area contributed by atoms with Gasteiger partial charge in [0.25, 0.3) is 0 Å². The van der Waals surface area contributed by atoms with Gasteiger partial charge in [-0.3, -0.25) is 0 Å². The molecule has 0 aliphatic carbocycles. The molecular formula is C15H17AlN2O3S2. The molecule has 5 nitrogen and oxygen atoms in total. The molecule has 0 amide bonds. The average Bonchev–Trinajstić information content (AvgIpc) is 2.52.